The highest BCUT2D eigenvalue weighted by Crippen LogP contribution is 2.02. The smallest absolute Gasteiger partial charge is 0.323 e. The van der Waals surface area contributed by atoms with Crippen molar-refractivity contribution in [1.82, 2.24) is 10.2 Å². The molecule has 5 heteroatoms. The van der Waals surface area contributed by atoms with Crippen LogP contribution in [-0.4, -0.2) is 42.0 Å². The maximum atomic E-state index is 12.2. The summed E-state index contributed by atoms with van der Waals surface area (Å²) in [5, 5.41) is 3.65. The van der Waals surface area contributed by atoms with Crippen molar-refractivity contribution >= 4 is 23.0 Å². The fraction of sp³-hybridized carbons (Fsp3) is 0.857. The van der Waals surface area contributed by atoms with Gasteiger partial charge in [0, 0.05) is 19.6 Å². The van der Waals surface area contributed by atoms with Crippen molar-refractivity contribution in [2.45, 2.75) is 52.9 Å². The molecule has 0 spiro atoms. The largest absolute Gasteiger partial charge is 0.324 e. The molecule has 0 aromatic rings. The van der Waals surface area contributed by atoms with Crippen LogP contribution < -0.4 is 5.32 Å². The molecule has 0 aromatic heterocycles. The van der Waals surface area contributed by atoms with Crippen LogP contribution in [0.3, 0.4) is 0 Å². The van der Waals surface area contributed by atoms with Crippen molar-refractivity contribution in [1.29, 1.82) is 0 Å². The third-order valence-corrected chi connectivity index (χ3v) is 3.35. The van der Waals surface area contributed by atoms with Crippen molar-refractivity contribution < 1.29 is 4.79 Å². The molecule has 19 heavy (non-hydrogen) atoms. The molecule has 2 amide bonds. The summed E-state index contributed by atoms with van der Waals surface area (Å²) in [6.07, 6.45) is 7.26. The van der Waals surface area contributed by atoms with Crippen molar-refractivity contribution in [3.05, 3.63) is 0 Å². The molecule has 0 aliphatic rings. The molecule has 0 saturated heterocycles. The standard InChI is InChI=1S/C14H29N3OS/c1-5-8-11-17(12-9-6-2)14(18)16-13(19-4)15-10-7-3/h5-12H2,1-4H3,(H,15,16,18). The Balaban J connectivity index is 4.41. The highest BCUT2D eigenvalue weighted by atomic mass is 32.2. The average molecular weight is 287 g/mol. The summed E-state index contributed by atoms with van der Waals surface area (Å²) < 4.78 is 0. The Morgan fingerprint density at radius 3 is 2.11 bits per heavy atom. The monoisotopic (exact) mass is 287 g/mol. The van der Waals surface area contributed by atoms with Gasteiger partial charge >= 0.3 is 6.03 Å². The van der Waals surface area contributed by atoms with Gasteiger partial charge in [-0.05, 0) is 25.5 Å². The van der Waals surface area contributed by atoms with Crippen LogP contribution in [0.15, 0.2) is 4.99 Å². The normalized spacial score (nSPS) is 11.5. The summed E-state index contributed by atoms with van der Waals surface area (Å²) in [6, 6.07) is -0.00824. The van der Waals surface area contributed by atoms with Crippen molar-refractivity contribution in [3.8, 4) is 0 Å². The fourth-order valence-electron chi connectivity index (χ4n) is 1.55. The van der Waals surface area contributed by atoms with E-state index in [1.54, 1.807) is 0 Å². The molecule has 0 aromatic carbocycles. The Hall–Kier alpha value is -0.710. The second-order valence-electron chi connectivity index (χ2n) is 4.52. The van der Waals surface area contributed by atoms with E-state index in [1.165, 1.54) is 11.8 Å². The number of hydrogen-bond donors (Lipinski definition) is 1. The van der Waals surface area contributed by atoms with Crippen LogP contribution in [0.2, 0.25) is 0 Å². The molecular weight excluding hydrogens is 258 g/mol. The summed E-state index contributed by atoms with van der Waals surface area (Å²) in [5.74, 6) is 0. The summed E-state index contributed by atoms with van der Waals surface area (Å²) in [6.45, 7) is 8.80. The third kappa shape index (κ3) is 8.92. The number of nitrogens with zero attached hydrogens (tertiary/aromatic N) is 2. The summed E-state index contributed by atoms with van der Waals surface area (Å²) >= 11 is 1.49. The molecule has 0 aliphatic carbocycles. The van der Waals surface area contributed by atoms with E-state index >= 15 is 0 Å². The summed E-state index contributed by atoms with van der Waals surface area (Å²) in [4.78, 5) is 18.5. The van der Waals surface area contributed by atoms with E-state index in [1.807, 2.05) is 11.2 Å². The second kappa shape index (κ2) is 12.3. The van der Waals surface area contributed by atoms with Gasteiger partial charge in [-0.3, -0.25) is 10.3 Å². The number of amides is 2. The molecular formula is C14H29N3OS. The average Bonchev–Trinajstić information content (AvgIpc) is 2.43. The minimum absolute atomic E-state index is 0.00824. The molecule has 0 rings (SSSR count). The zero-order valence-electron chi connectivity index (χ0n) is 12.9. The lowest BCUT2D eigenvalue weighted by atomic mass is 10.3. The van der Waals surface area contributed by atoms with Crippen LogP contribution in [0.25, 0.3) is 0 Å². The predicted molar refractivity (Wildman–Crippen MR) is 86.0 cm³/mol. The van der Waals surface area contributed by atoms with E-state index in [-0.39, 0.29) is 6.03 Å². The Kier molecular flexibility index (Phi) is 11.9. The summed E-state index contributed by atoms with van der Waals surface area (Å²) in [5.41, 5.74) is 0. The first-order chi connectivity index (χ1) is 9.19. The highest BCUT2D eigenvalue weighted by molar-refractivity contribution is 8.13. The number of carbonyl (C=O) groups excluding carboxylic acids is 1. The molecule has 0 aliphatic heterocycles. The Bertz CT molecular complexity index is 261. The van der Waals surface area contributed by atoms with Gasteiger partial charge in [0.05, 0.1) is 0 Å². The van der Waals surface area contributed by atoms with E-state index in [0.717, 1.165) is 56.9 Å². The number of hydrogen-bond acceptors (Lipinski definition) is 3. The van der Waals surface area contributed by atoms with Gasteiger partial charge in [0.1, 0.15) is 0 Å². The van der Waals surface area contributed by atoms with Crippen LogP contribution in [0.5, 0.6) is 0 Å². The van der Waals surface area contributed by atoms with E-state index in [9.17, 15) is 4.79 Å². The maximum Gasteiger partial charge on any atom is 0.323 e. The fourth-order valence-corrected chi connectivity index (χ4v) is 1.96. The maximum absolute atomic E-state index is 12.2. The number of nitrogens with one attached hydrogen (secondary N) is 1. The minimum atomic E-state index is -0.00824. The quantitative estimate of drug-likeness (QED) is 0.546. The molecule has 4 nitrogen and oxygen atoms in total. The predicted octanol–water partition coefficient (Wildman–Crippen LogP) is 3.73. The minimum Gasteiger partial charge on any atom is -0.324 e. The SMILES string of the molecule is CCCCN(CCCC)C(=O)NC(=NCCC)SC. The van der Waals surface area contributed by atoms with Gasteiger partial charge in [-0.2, -0.15) is 0 Å². The molecule has 112 valence electrons. The van der Waals surface area contributed by atoms with Gasteiger partial charge < -0.3 is 4.90 Å². The van der Waals surface area contributed by atoms with E-state index in [0.29, 0.717) is 0 Å². The van der Waals surface area contributed by atoms with Crippen LogP contribution in [0, 0.1) is 0 Å². The van der Waals surface area contributed by atoms with E-state index in [2.05, 4.69) is 31.1 Å². The van der Waals surface area contributed by atoms with Crippen molar-refractivity contribution in [2.75, 3.05) is 25.9 Å². The van der Waals surface area contributed by atoms with Crippen LogP contribution in [-0.2, 0) is 0 Å². The molecule has 1 N–H and O–H groups in total. The van der Waals surface area contributed by atoms with Crippen LogP contribution in [0.4, 0.5) is 4.79 Å². The zero-order valence-corrected chi connectivity index (χ0v) is 13.7. The molecule has 0 fully saturated rings. The number of rotatable bonds is 8. The molecule has 0 bridgehead atoms. The molecule has 0 heterocycles. The second-order valence-corrected chi connectivity index (χ2v) is 5.31. The number of thioether (sulfide) groups is 1. The van der Waals surface area contributed by atoms with Crippen LogP contribution >= 0.6 is 11.8 Å². The Morgan fingerprint density at radius 2 is 1.68 bits per heavy atom. The van der Waals surface area contributed by atoms with Gasteiger partial charge in [0.15, 0.2) is 5.17 Å². The van der Waals surface area contributed by atoms with Crippen LogP contribution in [0.1, 0.15) is 52.9 Å². The first kappa shape index (κ1) is 18.3. The summed E-state index contributed by atoms with van der Waals surface area (Å²) in [7, 11) is 0. The lowest BCUT2D eigenvalue weighted by molar-refractivity contribution is 0.201. The van der Waals surface area contributed by atoms with E-state index in [4.69, 9.17) is 0 Å². The first-order valence-corrected chi connectivity index (χ1v) is 8.56. The number of unbranched alkanes of at least 4 members (excludes halogenated alkanes) is 2. The number of carbonyl (C=O) groups is 1. The van der Waals surface area contributed by atoms with Crippen molar-refractivity contribution in [3.63, 3.8) is 0 Å². The number of aliphatic imine (C=N–C) groups is 1. The van der Waals surface area contributed by atoms with Gasteiger partial charge in [0.25, 0.3) is 0 Å². The lowest BCUT2D eigenvalue weighted by Crippen LogP contribution is -2.43. The molecule has 0 unspecified atom stereocenters. The van der Waals surface area contributed by atoms with Gasteiger partial charge in [-0.25, -0.2) is 4.79 Å². The Morgan fingerprint density at radius 1 is 1.11 bits per heavy atom. The van der Waals surface area contributed by atoms with E-state index < -0.39 is 0 Å². The zero-order chi connectivity index (χ0) is 14.5. The van der Waals surface area contributed by atoms with Gasteiger partial charge in [-0.15, -0.1) is 0 Å². The van der Waals surface area contributed by atoms with Gasteiger partial charge in [-0.1, -0.05) is 45.4 Å². The first-order valence-electron chi connectivity index (χ1n) is 7.33. The van der Waals surface area contributed by atoms with Gasteiger partial charge in [0.2, 0.25) is 0 Å². The number of amidine groups is 1. The molecule has 0 saturated carbocycles. The lowest BCUT2D eigenvalue weighted by Gasteiger charge is -2.22. The molecule has 0 radical (unpaired) electrons. The Labute approximate surface area is 122 Å². The third-order valence-electron chi connectivity index (χ3n) is 2.74. The number of urea groups is 1. The topological polar surface area (TPSA) is 44.7 Å². The molecule has 0 atom stereocenters. The highest BCUT2D eigenvalue weighted by Gasteiger charge is 2.13. The van der Waals surface area contributed by atoms with Crippen molar-refractivity contribution in [2.24, 2.45) is 4.99 Å².